The fraction of sp³-hybridized carbons (Fsp3) is 0.846. The molecular weight excluding hydrogens is 230 g/mol. The van der Waals surface area contributed by atoms with Crippen molar-refractivity contribution in [1.82, 2.24) is 15.5 Å². The van der Waals surface area contributed by atoms with Crippen LogP contribution >= 0.6 is 0 Å². The zero-order valence-electron chi connectivity index (χ0n) is 11.9. The first kappa shape index (κ1) is 15.1. The van der Waals surface area contributed by atoms with Gasteiger partial charge in [0.05, 0.1) is 0 Å². The van der Waals surface area contributed by atoms with Crippen LogP contribution in [0.25, 0.3) is 0 Å². The standard InChI is InChI=1S/C13H25N3O2/c1-5-7-11(14-8-6-2)9-12-15-13(16-18-12)10(3)17-4/h10-11,14H,5-9H2,1-4H3. The van der Waals surface area contributed by atoms with E-state index in [1.807, 2.05) is 6.92 Å². The second-order valence-electron chi connectivity index (χ2n) is 4.57. The van der Waals surface area contributed by atoms with Gasteiger partial charge in [-0.25, -0.2) is 0 Å². The van der Waals surface area contributed by atoms with Gasteiger partial charge in [-0.15, -0.1) is 0 Å². The number of rotatable bonds is 9. The van der Waals surface area contributed by atoms with E-state index in [2.05, 4.69) is 29.3 Å². The van der Waals surface area contributed by atoms with Gasteiger partial charge in [-0.2, -0.15) is 4.98 Å². The maximum atomic E-state index is 5.26. The summed E-state index contributed by atoms with van der Waals surface area (Å²) in [7, 11) is 1.64. The van der Waals surface area contributed by atoms with Gasteiger partial charge >= 0.3 is 0 Å². The van der Waals surface area contributed by atoms with Crippen molar-refractivity contribution in [3.05, 3.63) is 11.7 Å². The molecule has 0 saturated carbocycles. The summed E-state index contributed by atoms with van der Waals surface area (Å²) >= 11 is 0. The van der Waals surface area contributed by atoms with Crippen molar-refractivity contribution >= 4 is 0 Å². The first-order valence-electron chi connectivity index (χ1n) is 6.79. The van der Waals surface area contributed by atoms with E-state index in [1.54, 1.807) is 7.11 Å². The third-order valence-electron chi connectivity index (χ3n) is 2.94. The fourth-order valence-corrected chi connectivity index (χ4v) is 1.81. The van der Waals surface area contributed by atoms with Crippen molar-refractivity contribution in [2.45, 2.75) is 58.6 Å². The van der Waals surface area contributed by atoms with Crippen LogP contribution in [0.4, 0.5) is 0 Å². The van der Waals surface area contributed by atoms with E-state index in [4.69, 9.17) is 9.26 Å². The Labute approximate surface area is 109 Å². The monoisotopic (exact) mass is 255 g/mol. The lowest BCUT2D eigenvalue weighted by Crippen LogP contribution is -2.31. The van der Waals surface area contributed by atoms with Gasteiger partial charge in [-0.05, 0) is 26.3 Å². The van der Waals surface area contributed by atoms with Crippen LogP contribution in [0.15, 0.2) is 4.52 Å². The Bertz CT molecular complexity index is 328. The highest BCUT2D eigenvalue weighted by atomic mass is 16.5. The smallest absolute Gasteiger partial charge is 0.228 e. The van der Waals surface area contributed by atoms with Crippen molar-refractivity contribution in [3.8, 4) is 0 Å². The lowest BCUT2D eigenvalue weighted by atomic mass is 10.1. The van der Waals surface area contributed by atoms with Crippen LogP contribution in [0.5, 0.6) is 0 Å². The summed E-state index contributed by atoms with van der Waals surface area (Å²) in [6.45, 7) is 7.29. The number of methoxy groups -OCH3 is 1. The molecule has 18 heavy (non-hydrogen) atoms. The van der Waals surface area contributed by atoms with Crippen molar-refractivity contribution in [1.29, 1.82) is 0 Å². The van der Waals surface area contributed by atoms with Crippen LogP contribution in [-0.4, -0.2) is 29.8 Å². The van der Waals surface area contributed by atoms with E-state index >= 15 is 0 Å². The third kappa shape index (κ3) is 4.74. The molecule has 1 aromatic rings. The van der Waals surface area contributed by atoms with E-state index in [-0.39, 0.29) is 6.10 Å². The average Bonchev–Trinajstić information content (AvgIpc) is 2.83. The highest BCUT2D eigenvalue weighted by molar-refractivity contribution is 4.92. The van der Waals surface area contributed by atoms with Crippen LogP contribution in [0.3, 0.4) is 0 Å². The molecule has 1 N–H and O–H groups in total. The minimum absolute atomic E-state index is 0.115. The Morgan fingerprint density at radius 1 is 1.33 bits per heavy atom. The number of aromatic nitrogens is 2. The Balaban J connectivity index is 2.54. The number of hydrogen-bond acceptors (Lipinski definition) is 5. The summed E-state index contributed by atoms with van der Waals surface area (Å²) in [4.78, 5) is 4.37. The van der Waals surface area contributed by atoms with Crippen molar-refractivity contribution in [2.75, 3.05) is 13.7 Å². The number of nitrogens with zero attached hydrogens (tertiary/aromatic N) is 2. The lowest BCUT2D eigenvalue weighted by Gasteiger charge is -2.15. The van der Waals surface area contributed by atoms with Gasteiger partial charge in [-0.3, -0.25) is 0 Å². The van der Waals surface area contributed by atoms with Crippen LogP contribution in [0.1, 0.15) is 57.9 Å². The Kier molecular flexibility index (Phi) is 6.90. The predicted octanol–water partition coefficient (Wildman–Crippen LogP) is 2.49. The van der Waals surface area contributed by atoms with Gasteiger partial charge in [0, 0.05) is 19.6 Å². The van der Waals surface area contributed by atoms with Gasteiger partial charge in [0.2, 0.25) is 5.89 Å². The van der Waals surface area contributed by atoms with Gasteiger partial charge in [0.15, 0.2) is 5.82 Å². The minimum atomic E-state index is -0.115. The Morgan fingerprint density at radius 3 is 2.72 bits per heavy atom. The van der Waals surface area contributed by atoms with Gasteiger partial charge < -0.3 is 14.6 Å². The summed E-state index contributed by atoms with van der Waals surface area (Å²) in [5, 5.41) is 7.45. The molecule has 0 aliphatic carbocycles. The zero-order chi connectivity index (χ0) is 13.4. The molecule has 0 saturated heterocycles. The SMILES string of the molecule is CCCNC(CCC)Cc1nc(C(C)OC)no1. The molecule has 1 aromatic heterocycles. The van der Waals surface area contributed by atoms with Crippen LogP contribution in [0, 0.1) is 0 Å². The van der Waals surface area contributed by atoms with Crippen molar-refractivity contribution in [2.24, 2.45) is 0 Å². The second-order valence-corrected chi connectivity index (χ2v) is 4.57. The summed E-state index contributed by atoms with van der Waals surface area (Å²) in [5.41, 5.74) is 0. The molecule has 0 aliphatic rings. The molecule has 5 nitrogen and oxygen atoms in total. The first-order valence-corrected chi connectivity index (χ1v) is 6.79. The summed E-state index contributed by atoms with van der Waals surface area (Å²) < 4.78 is 10.4. The fourth-order valence-electron chi connectivity index (χ4n) is 1.81. The molecule has 0 aromatic carbocycles. The van der Waals surface area contributed by atoms with Gasteiger partial charge in [0.1, 0.15) is 6.10 Å². The van der Waals surface area contributed by atoms with E-state index < -0.39 is 0 Å². The first-order chi connectivity index (χ1) is 8.71. The largest absolute Gasteiger partial charge is 0.374 e. The molecule has 1 heterocycles. The summed E-state index contributed by atoms with van der Waals surface area (Å²) in [5.74, 6) is 1.31. The summed E-state index contributed by atoms with van der Waals surface area (Å²) in [6, 6.07) is 0.418. The molecule has 1 rings (SSSR count). The lowest BCUT2D eigenvalue weighted by molar-refractivity contribution is 0.109. The van der Waals surface area contributed by atoms with Crippen LogP contribution in [0.2, 0.25) is 0 Å². The van der Waals surface area contributed by atoms with E-state index in [9.17, 15) is 0 Å². The topological polar surface area (TPSA) is 60.2 Å². The molecule has 0 aliphatic heterocycles. The zero-order valence-corrected chi connectivity index (χ0v) is 11.9. The molecule has 5 heteroatoms. The summed E-state index contributed by atoms with van der Waals surface area (Å²) in [6.07, 6.45) is 4.08. The maximum absolute atomic E-state index is 5.26. The minimum Gasteiger partial charge on any atom is -0.374 e. The molecule has 2 atom stereocenters. The van der Waals surface area contributed by atoms with Crippen molar-refractivity contribution in [3.63, 3.8) is 0 Å². The molecule has 2 unspecified atom stereocenters. The number of nitrogens with one attached hydrogen (secondary N) is 1. The van der Waals surface area contributed by atoms with E-state index in [1.165, 1.54) is 0 Å². The van der Waals surface area contributed by atoms with Gasteiger partial charge in [0.25, 0.3) is 0 Å². The predicted molar refractivity (Wildman–Crippen MR) is 70.4 cm³/mol. The van der Waals surface area contributed by atoms with E-state index in [0.29, 0.717) is 17.8 Å². The average molecular weight is 255 g/mol. The quantitative estimate of drug-likeness (QED) is 0.734. The molecule has 104 valence electrons. The molecule has 0 radical (unpaired) electrons. The number of hydrogen-bond donors (Lipinski definition) is 1. The molecule has 0 fully saturated rings. The maximum Gasteiger partial charge on any atom is 0.228 e. The number of ether oxygens (including phenoxy) is 1. The van der Waals surface area contributed by atoms with Crippen LogP contribution < -0.4 is 5.32 Å². The molecular formula is C13H25N3O2. The highest BCUT2D eigenvalue weighted by Crippen LogP contribution is 2.13. The molecule has 0 amide bonds. The Hall–Kier alpha value is -0.940. The third-order valence-corrected chi connectivity index (χ3v) is 2.94. The second kappa shape index (κ2) is 8.21. The molecule has 0 bridgehead atoms. The van der Waals surface area contributed by atoms with E-state index in [0.717, 1.165) is 32.2 Å². The van der Waals surface area contributed by atoms with Crippen molar-refractivity contribution < 1.29 is 9.26 Å². The Morgan fingerprint density at radius 2 is 2.11 bits per heavy atom. The normalized spacial score (nSPS) is 14.7. The van der Waals surface area contributed by atoms with Gasteiger partial charge in [-0.1, -0.05) is 25.4 Å². The molecule has 0 spiro atoms. The van der Waals surface area contributed by atoms with Crippen LogP contribution in [-0.2, 0) is 11.2 Å². The highest BCUT2D eigenvalue weighted by Gasteiger charge is 2.16.